The number of thioether (sulfide) groups is 1. The Hall–Kier alpha value is -1.83. The molecule has 1 aromatic carbocycles. The molecule has 0 aromatic heterocycles. The van der Waals surface area contributed by atoms with Gasteiger partial charge < -0.3 is 15.0 Å². The number of hydrogen-bond acceptors (Lipinski definition) is 4. The van der Waals surface area contributed by atoms with Crippen LogP contribution in [-0.2, 0) is 9.59 Å². The van der Waals surface area contributed by atoms with E-state index in [0.29, 0.717) is 13.1 Å². The third-order valence-electron chi connectivity index (χ3n) is 2.95. The van der Waals surface area contributed by atoms with E-state index >= 15 is 0 Å². The Kier molecular flexibility index (Phi) is 8.39. The number of rotatable bonds is 9. The largest absolute Gasteiger partial charge is 0.433 e. The van der Waals surface area contributed by atoms with Crippen LogP contribution in [0, 0.1) is 0 Å². The van der Waals surface area contributed by atoms with Crippen molar-refractivity contribution in [2.45, 2.75) is 20.5 Å². The molecule has 0 unspecified atom stereocenters. The molecule has 0 aliphatic rings. The second kappa shape index (κ2) is 10.0. The van der Waals surface area contributed by atoms with Crippen molar-refractivity contribution in [2.75, 3.05) is 29.9 Å². The zero-order valence-electron chi connectivity index (χ0n) is 13.1. The minimum atomic E-state index is -2.96. The molecule has 1 rings (SSSR count). The lowest BCUT2D eigenvalue weighted by molar-refractivity contribution is -0.127. The number of carbonyl (C=O) groups is 2. The number of para-hydroxylation sites is 2. The van der Waals surface area contributed by atoms with Gasteiger partial charge in [-0.3, -0.25) is 9.59 Å². The van der Waals surface area contributed by atoms with E-state index in [0.717, 1.165) is 0 Å². The molecule has 0 bridgehead atoms. The zero-order chi connectivity index (χ0) is 17.2. The fraction of sp³-hybridized carbons (Fsp3) is 0.467. The van der Waals surface area contributed by atoms with E-state index in [1.807, 2.05) is 13.8 Å². The van der Waals surface area contributed by atoms with Crippen LogP contribution in [0.25, 0.3) is 0 Å². The van der Waals surface area contributed by atoms with E-state index in [1.54, 1.807) is 11.0 Å². The molecule has 0 aliphatic carbocycles. The van der Waals surface area contributed by atoms with Crippen molar-refractivity contribution in [3.05, 3.63) is 24.3 Å². The molecule has 0 fully saturated rings. The molecule has 0 heterocycles. The van der Waals surface area contributed by atoms with Gasteiger partial charge in [-0.2, -0.15) is 8.78 Å². The predicted molar refractivity (Wildman–Crippen MR) is 87.0 cm³/mol. The first-order valence-corrected chi connectivity index (χ1v) is 8.32. The minimum absolute atomic E-state index is 0.0331. The van der Waals surface area contributed by atoms with E-state index in [-0.39, 0.29) is 34.8 Å². The molecule has 1 aromatic rings. The van der Waals surface area contributed by atoms with Gasteiger partial charge in [0.15, 0.2) is 0 Å². The van der Waals surface area contributed by atoms with Crippen molar-refractivity contribution >= 4 is 29.3 Å². The maximum absolute atomic E-state index is 12.3. The lowest BCUT2D eigenvalue weighted by Crippen LogP contribution is -2.32. The first-order chi connectivity index (χ1) is 11.0. The van der Waals surface area contributed by atoms with Gasteiger partial charge in [-0.05, 0) is 26.0 Å². The molecular weight excluding hydrogens is 326 g/mol. The molecule has 8 heteroatoms. The number of hydrogen-bond donors (Lipinski definition) is 1. The summed E-state index contributed by atoms with van der Waals surface area (Å²) in [6.07, 6.45) is 0. The normalized spacial score (nSPS) is 10.5. The summed E-state index contributed by atoms with van der Waals surface area (Å²) in [6, 6.07) is 5.95. The van der Waals surface area contributed by atoms with Crippen LogP contribution >= 0.6 is 11.8 Å². The summed E-state index contributed by atoms with van der Waals surface area (Å²) in [7, 11) is 0. The van der Waals surface area contributed by atoms with E-state index in [9.17, 15) is 18.4 Å². The summed E-state index contributed by atoms with van der Waals surface area (Å²) in [5.41, 5.74) is 0.175. The van der Waals surface area contributed by atoms with Gasteiger partial charge in [0.05, 0.1) is 17.2 Å². The molecule has 1 N–H and O–H groups in total. The van der Waals surface area contributed by atoms with Crippen LogP contribution in [0.15, 0.2) is 24.3 Å². The number of nitrogens with one attached hydrogen (secondary N) is 1. The Morgan fingerprint density at radius 3 is 2.48 bits per heavy atom. The zero-order valence-corrected chi connectivity index (χ0v) is 13.9. The average molecular weight is 346 g/mol. The van der Waals surface area contributed by atoms with Crippen molar-refractivity contribution in [3.8, 4) is 5.75 Å². The first kappa shape index (κ1) is 19.2. The number of alkyl halides is 2. The monoisotopic (exact) mass is 346 g/mol. The lowest BCUT2D eigenvalue weighted by Gasteiger charge is -2.18. The van der Waals surface area contributed by atoms with Gasteiger partial charge in [-0.15, -0.1) is 11.8 Å². The molecule has 2 amide bonds. The third kappa shape index (κ3) is 6.85. The smallest absolute Gasteiger partial charge is 0.387 e. The average Bonchev–Trinajstić information content (AvgIpc) is 2.50. The van der Waals surface area contributed by atoms with Crippen LogP contribution in [0.4, 0.5) is 14.5 Å². The van der Waals surface area contributed by atoms with Crippen LogP contribution in [-0.4, -0.2) is 47.9 Å². The van der Waals surface area contributed by atoms with E-state index in [4.69, 9.17) is 0 Å². The molecule has 0 saturated carbocycles. The van der Waals surface area contributed by atoms with Crippen molar-refractivity contribution in [1.82, 2.24) is 4.90 Å². The van der Waals surface area contributed by atoms with Gasteiger partial charge in [0.2, 0.25) is 11.8 Å². The number of anilines is 1. The summed E-state index contributed by atoms with van der Waals surface area (Å²) in [5, 5.41) is 2.50. The number of benzene rings is 1. The summed E-state index contributed by atoms with van der Waals surface area (Å²) < 4.78 is 28.9. The summed E-state index contributed by atoms with van der Waals surface area (Å²) in [4.78, 5) is 25.3. The van der Waals surface area contributed by atoms with Gasteiger partial charge in [0.1, 0.15) is 5.75 Å². The summed E-state index contributed by atoms with van der Waals surface area (Å²) >= 11 is 1.18. The molecule has 0 aliphatic heterocycles. The van der Waals surface area contributed by atoms with Crippen molar-refractivity contribution < 1.29 is 23.1 Å². The number of amides is 2. The van der Waals surface area contributed by atoms with Crippen molar-refractivity contribution in [1.29, 1.82) is 0 Å². The highest BCUT2D eigenvalue weighted by Crippen LogP contribution is 2.25. The molecular formula is C15H20F2N2O3S. The Morgan fingerprint density at radius 2 is 1.87 bits per heavy atom. The van der Waals surface area contributed by atoms with Gasteiger partial charge in [0, 0.05) is 13.1 Å². The van der Waals surface area contributed by atoms with Gasteiger partial charge >= 0.3 is 6.61 Å². The van der Waals surface area contributed by atoms with Crippen LogP contribution in [0.1, 0.15) is 13.8 Å². The van der Waals surface area contributed by atoms with Crippen LogP contribution < -0.4 is 10.1 Å². The first-order valence-electron chi connectivity index (χ1n) is 7.17. The molecule has 0 atom stereocenters. The highest BCUT2D eigenvalue weighted by Gasteiger charge is 2.13. The molecule has 23 heavy (non-hydrogen) atoms. The summed E-state index contributed by atoms with van der Waals surface area (Å²) in [6.45, 7) is 2.06. The SMILES string of the molecule is CCN(CC)C(=O)CSCC(=O)Nc1ccccc1OC(F)F. The summed E-state index contributed by atoms with van der Waals surface area (Å²) in [5.74, 6) is -0.262. The molecule has 0 spiro atoms. The van der Waals surface area contributed by atoms with Crippen molar-refractivity contribution in [3.63, 3.8) is 0 Å². The maximum Gasteiger partial charge on any atom is 0.387 e. The number of ether oxygens (including phenoxy) is 1. The number of nitrogens with zero attached hydrogens (tertiary/aromatic N) is 1. The standard InChI is InChI=1S/C15H20F2N2O3S/c1-3-19(4-2)14(21)10-23-9-13(20)18-11-7-5-6-8-12(11)22-15(16)17/h5-8,15H,3-4,9-10H2,1-2H3,(H,18,20). The number of halogens is 2. The quantitative estimate of drug-likeness (QED) is 0.747. The van der Waals surface area contributed by atoms with E-state index in [2.05, 4.69) is 10.1 Å². The number of carbonyl (C=O) groups excluding carboxylic acids is 2. The Labute approximate surface area is 138 Å². The highest BCUT2D eigenvalue weighted by molar-refractivity contribution is 8.00. The third-order valence-corrected chi connectivity index (χ3v) is 3.87. The predicted octanol–water partition coefficient (Wildman–Crippen LogP) is 2.83. The van der Waals surface area contributed by atoms with E-state index in [1.165, 1.54) is 30.0 Å². The fourth-order valence-corrected chi connectivity index (χ4v) is 2.57. The Balaban J connectivity index is 2.47. The Morgan fingerprint density at radius 1 is 1.22 bits per heavy atom. The van der Waals surface area contributed by atoms with Gasteiger partial charge in [0.25, 0.3) is 0 Å². The second-order valence-electron chi connectivity index (χ2n) is 4.48. The Bertz CT molecular complexity index is 525. The molecule has 128 valence electrons. The maximum atomic E-state index is 12.3. The van der Waals surface area contributed by atoms with Crippen LogP contribution in [0.3, 0.4) is 0 Å². The topological polar surface area (TPSA) is 58.6 Å². The fourth-order valence-electron chi connectivity index (χ4n) is 1.85. The van der Waals surface area contributed by atoms with E-state index < -0.39 is 6.61 Å². The van der Waals surface area contributed by atoms with Crippen LogP contribution in [0.2, 0.25) is 0 Å². The molecule has 0 saturated heterocycles. The van der Waals surface area contributed by atoms with Gasteiger partial charge in [-0.25, -0.2) is 0 Å². The molecule has 5 nitrogen and oxygen atoms in total. The minimum Gasteiger partial charge on any atom is -0.433 e. The van der Waals surface area contributed by atoms with Gasteiger partial charge in [-0.1, -0.05) is 12.1 Å². The lowest BCUT2D eigenvalue weighted by atomic mass is 10.3. The van der Waals surface area contributed by atoms with Crippen LogP contribution in [0.5, 0.6) is 5.75 Å². The second-order valence-corrected chi connectivity index (χ2v) is 5.47. The molecule has 0 radical (unpaired) electrons. The van der Waals surface area contributed by atoms with Crippen molar-refractivity contribution in [2.24, 2.45) is 0 Å². The highest BCUT2D eigenvalue weighted by atomic mass is 32.2.